The lowest BCUT2D eigenvalue weighted by atomic mass is 10.1. The first-order chi connectivity index (χ1) is 15.1. The van der Waals surface area contributed by atoms with Crippen molar-refractivity contribution in [1.29, 1.82) is 0 Å². The van der Waals surface area contributed by atoms with Gasteiger partial charge in [0.25, 0.3) is 0 Å². The molecule has 0 saturated heterocycles. The quantitative estimate of drug-likeness (QED) is 0.316. The van der Waals surface area contributed by atoms with Crippen molar-refractivity contribution in [2.75, 3.05) is 24.7 Å². The average Bonchev–Trinajstić information content (AvgIpc) is 2.94. The van der Waals surface area contributed by atoms with Crippen molar-refractivity contribution in [2.45, 2.75) is 46.1 Å². The van der Waals surface area contributed by atoms with Crippen LogP contribution in [-0.2, 0) is 18.1 Å². The molecule has 6 heteroatoms. The highest BCUT2D eigenvalue weighted by Crippen LogP contribution is 2.36. The van der Waals surface area contributed by atoms with Gasteiger partial charge in [-0.3, -0.25) is 9.69 Å². The molecule has 0 saturated carbocycles. The number of anilines is 2. The van der Waals surface area contributed by atoms with Crippen LogP contribution in [-0.4, -0.2) is 34.5 Å². The molecule has 31 heavy (non-hydrogen) atoms. The number of carbonyl (C=O) groups is 1. The molecule has 0 unspecified atom stereocenters. The second-order valence-electron chi connectivity index (χ2n) is 7.37. The SMILES string of the molecule is CCO[Si](CCCCC(=O)N1c2ccccc2C=Cc2ccccc21)(OCC)OCC. The molecular formula is C25H33NO4Si. The molecule has 1 aliphatic heterocycles. The molecule has 0 atom stereocenters. The Bertz CT molecular complexity index is 832. The van der Waals surface area contributed by atoms with Crippen molar-refractivity contribution >= 4 is 38.2 Å². The van der Waals surface area contributed by atoms with Gasteiger partial charge in [-0.25, -0.2) is 0 Å². The predicted octanol–water partition coefficient (Wildman–Crippen LogP) is 6.05. The molecule has 0 bridgehead atoms. The zero-order chi connectivity index (χ0) is 22.1. The van der Waals surface area contributed by atoms with Gasteiger partial charge in [0.2, 0.25) is 5.91 Å². The Kier molecular flexibility index (Phi) is 8.60. The van der Waals surface area contributed by atoms with Crippen LogP contribution in [0.4, 0.5) is 11.4 Å². The van der Waals surface area contributed by atoms with E-state index >= 15 is 0 Å². The Morgan fingerprint density at radius 1 is 0.774 bits per heavy atom. The Morgan fingerprint density at radius 2 is 1.26 bits per heavy atom. The van der Waals surface area contributed by atoms with Crippen LogP contribution >= 0.6 is 0 Å². The van der Waals surface area contributed by atoms with Crippen molar-refractivity contribution in [3.05, 3.63) is 59.7 Å². The van der Waals surface area contributed by atoms with Crippen LogP contribution in [0, 0.1) is 0 Å². The Morgan fingerprint density at radius 3 is 1.74 bits per heavy atom. The molecule has 5 nitrogen and oxygen atoms in total. The fourth-order valence-corrected chi connectivity index (χ4v) is 6.66. The third-order valence-electron chi connectivity index (χ3n) is 5.26. The molecular weight excluding hydrogens is 406 g/mol. The molecule has 1 aliphatic rings. The molecule has 2 aromatic rings. The van der Waals surface area contributed by atoms with Crippen molar-refractivity contribution in [2.24, 2.45) is 0 Å². The smallest absolute Gasteiger partial charge is 0.374 e. The summed E-state index contributed by atoms with van der Waals surface area (Å²) < 4.78 is 17.8. The van der Waals surface area contributed by atoms with E-state index in [0.29, 0.717) is 26.2 Å². The lowest BCUT2D eigenvalue weighted by Crippen LogP contribution is -2.45. The van der Waals surface area contributed by atoms with Crippen molar-refractivity contribution < 1.29 is 18.1 Å². The van der Waals surface area contributed by atoms with Crippen molar-refractivity contribution in [1.82, 2.24) is 0 Å². The van der Waals surface area contributed by atoms with Gasteiger partial charge in [-0.15, -0.1) is 0 Å². The lowest BCUT2D eigenvalue weighted by molar-refractivity contribution is -0.118. The van der Waals surface area contributed by atoms with Crippen LogP contribution in [0.1, 0.15) is 51.2 Å². The predicted molar refractivity (Wildman–Crippen MR) is 128 cm³/mol. The molecule has 0 N–H and O–H groups in total. The second-order valence-corrected chi connectivity index (χ2v) is 10.1. The Balaban J connectivity index is 1.71. The van der Waals surface area contributed by atoms with E-state index in [2.05, 4.69) is 12.2 Å². The van der Waals surface area contributed by atoms with E-state index in [1.54, 1.807) is 0 Å². The zero-order valence-electron chi connectivity index (χ0n) is 18.8. The van der Waals surface area contributed by atoms with Gasteiger partial charge in [0.15, 0.2) is 0 Å². The van der Waals surface area contributed by atoms with Crippen molar-refractivity contribution in [3.63, 3.8) is 0 Å². The summed E-state index contributed by atoms with van der Waals surface area (Å²) >= 11 is 0. The molecule has 2 aromatic carbocycles. The van der Waals surface area contributed by atoms with Gasteiger partial charge in [0.05, 0.1) is 11.4 Å². The van der Waals surface area contributed by atoms with E-state index in [4.69, 9.17) is 13.3 Å². The van der Waals surface area contributed by atoms with Crippen LogP contribution < -0.4 is 4.90 Å². The maximum absolute atomic E-state index is 13.4. The normalized spacial score (nSPS) is 12.9. The standard InChI is InChI=1S/C25H33NO4Si/c1-4-28-31(29-5-2,30-6-3)20-12-11-17-25(27)26-23-15-9-7-13-21(23)18-19-22-14-8-10-16-24(22)26/h7-10,13-16,18-19H,4-6,11-12,17,20H2,1-3H3. The summed E-state index contributed by atoms with van der Waals surface area (Å²) in [6, 6.07) is 16.8. The maximum atomic E-state index is 13.4. The molecule has 0 aromatic heterocycles. The van der Waals surface area contributed by atoms with E-state index in [1.807, 2.05) is 74.2 Å². The molecule has 0 radical (unpaired) electrons. The number of amides is 1. The topological polar surface area (TPSA) is 48.0 Å². The maximum Gasteiger partial charge on any atom is 0.500 e. The zero-order valence-corrected chi connectivity index (χ0v) is 19.8. The van der Waals surface area contributed by atoms with Crippen LogP contribution in [0.5, 0.6) is 0 Å². The van der Waals surface area contributed by atoms with Crippen LogP contribution in [0.3, 0.4) is 0 Å². The Labute approximate surface area is 187 Å². The summed E-state index contributed by atoms with van der Waals surface area (Å²) in [5.41, 5.74) is 3.94. The summed E-state index contributed by atoms with van der Waals surface area (Å²) in [5.74, 6) is 0.0973. The molecule has 1 heterocycles. The van der Waals surface area contributed by atoms with Crippen molar-refractivity contribution in [3.8, 4) is 0 Å². The highest BCUT2D eigenvalue weighted by Gasteiger charge is 2.39. The van der Waals surface area contributed by atoms with E-state index in [-0.39, 0.29) is 5.91 Å². The number of rotatable bonds is 11. The van der Waals surface area contributed by atoms with E-state index < -0.39 is 8.80 Å². The fourth-order valence-electron chi connectivity index (χ4n) is 3.97. The summed E-state index contributed by atoms with van der Waals surface area (Å²) in [6.07, 6.45) is 6.20. The van der Waals surface area contributed by atoms with Gasteiger partial charge < -0.3 is 13.3 Å². The summed E-state index contributed by atoms with van der Waals surface area (Å²) in [6.45, 7) is 7.60. The molecule has 1 amide bonds. The fraction of sp³-hybridized carbons (Fsp3) is 0.400. The number of unbranched alkanes of at least 4 members (excludes halogenated alkanes) is 1. The summed E-state index contributed by atoms with van der Waals surface area (Å²) in [4.78, 5) is 15.3. The monoisotopic (exact) mass is 439 g/mol. The van der Waals surface area contributed by atoms with Gasteiger partial charge in [0.1, 0.15) is 0 Å². The highest BCUT2D eigenvalue weighted by molar-refractivity contribution is 6.60. The van der Waals surface area contributed by atoms with E-state index in [9.17, 15) is 4.79 Å². The van der Waals surface area contributed by atoms with Gasteiger partial charge in [0, 0.05) is 32.3 Å². The van der Waals surface area contributed by atoms with Crippen LogP contribution in [0.25, 0.3) is 12.2 Å². The van der Waals surface area contributed by atoms with E-state index in [1.165, 1.54) is 0 Å². The number of benzene rings is 2. The van der Waals surface area contributed by atoms with Gasteiger partial charge in [-0.05, 0) is 56.9 Å². The third kappa shape index (κ3) is 5.71. The number of hydrogen-bond donors (Lipinski definition) is 0. The van der Waals surface area contributed by atoms with Crippen LogP contribution in [0.2, 0.25) is 6.04 Å². The Hall–Kier alpha value is -2.25. The van der Waals surface area contributed by atoms with Gasteiger partial charge >= 0.3 is 8.80 Å². The number of nitrogens with zero attached hydrogens (tertiary/aromatic N) is 1. The summed E-state index contributed by atoms with van der Waals surface area (Å²) in [5, 5.41) is 0. The minimum Gasteiger partial charge on any atom is -0.374 e. The minimum atomic E-state index is -2.67. The largest absolute Gasteiger partial charge is 0.500 e. The molecule has 0 spiro atoms. The molecule has 0 fully saturated rings. The summed E-state index contributed by atoms with van der Waals surface area (Å²) in [7, 11) is -2.67. The first-order valence-corrected chi connectivity index (χ1v) is 13.2. The number of carbonyl (C=O) groups excluding carboxylic acids is 1. The molecule has 0 aliphatic carbocycles. The molecule has 3 rings (SSSR count). The number of para-hydroxylation sites is 2. The molecule has 166 valence electrons. The number of hydrogen-bond acceptors (Lipinski definition) is 4. The lowest BCUT2D eigenvalue weighted by Gasteiger charge is -2.28. The number of fused-ring (bicyclic) bond motifs is 2. The van der Waals surface area contributed by atoms with Crippen LogP contribution in [0.15, 0.2) is 48.5 Å². The van der Waals surface area contributed by atoms with Gasteiger partial charge in [-0.1, -0.05) is 48.6 Å². The van der Waals surface area contributed by atoms with E-state index in [0.717, 1.165) is 41.4 Å². The second kappa shape index (κ2) is 11.4. The first-order valence-electron chi connectivity index (χ1n) is 11.2. The minimum absolute atomic E-state index is 0.0973. The highest BCUT2D eigenvalue weighted by atomic mass is 28.4. The van der Waals surface area contributed by atoms with Gasteiger partial charge in [-0.2, -0.15) is 0 Å². The average molecular weight is 440 g/mol. The third-order valence-corrected chi connectivity index (χ3v) is 8.41. The first kappa shape index (κ1) is 23.4.